The SMILES string of the molecule is O=C(O)c1ccccc1-c1ncc(O)cn1. The standard InChI is InChI=1S/C11H8N2O3/c14-7-5-12-10(13-6-7)8-3-1-2-4-9(8)11(15)16/h1-6,14H,(H,15,16). The lowest BCUT2D eigenvalue weighted by atomic mass is 10.1. The molecule has 16 heavy (non-hydrogen) atoms. The number of rotatable bonds is 2. The van der Waals surface area contributed by atoms with Gasteiger partial charge in [-0.1, -0.05) is 18.2 Å². The summed E-state index contributed by atoms with van der Waals surface area (Å²) in [6, 6.07) is 6.44. The number of benzene rings is 1. The van der Waals surface area contributed by atoms with E-state index in [1.807, 2.05) is 0 Å². The molecule has 2 N–H and O–H groups in total. The third-order valence-corrected chi connectivity index (χ3v) is 2.04. The van der Waals surface area contributed by atoms with Crippen molar-refractivity contribution in [1.29, 1.82) is 0 Å². The van der Waals surface area contributed by atoms with Gasteiger partial charge < -0.3 is 10.2 Å². The molecule has 5 heteroatoms. The number of hydrogen-bond acceptors (Lipinski definition) is 4. The van der Waals surface area contributed by atoms with Crippen molar-refractivity contribution < 1.29 is 15.0 Å². The highest BCUT2D eigenvalue weighted by Gasteiger charge is 2.12. The Labute approximate surface area is 91.0 Å². The van der Waals surface area contributed by atoms with Crippen LogP contribution in [0, 0.1) is 0 Å². The summed E-state index contributed by atoms with van der Waals surface area (Å²) >= 11 is 0. The molecule has 2 rings (SSSR count). The highest BCUT2D eigenvalue weighted by Crippen LogP contribution is 2.20. The van der Waals surface area contributed by atoms with Crippen LogP contribution in [0.1, 0.15) is 10.4 Å². The van der Waals surface area contributed by atoms with E-state index >= 15 is 0 Å². The fourth-order valence-corrected chi connectivity index (χ4v) is 1.32. The van der Waals surface area contributed by atoms with Gasteiger partial charge in [0.25, 0.3) is 0 Å². The van der Waals surface area contributed by atoms with E-state index in [0.717, 1.165) is 0 Å². The second-order valence-electron chi connectivity index (χ2n) is 3.12. The molecule has 2 aromatic rings. The Morgan fingerprint density at radius 2 is 1.75 bits per heavy atom. The van der Waals surface area contributed by atoms with Crippen LogP contribution in [0.25, 0.3) is 11.4 Å². The largest absolute Gasteiger partial charge is 0.505 e. The lowest BCUT2D eigenvalue weighted by Gasteiger charge is -2.03. The number of carboxylic acid groups (broad SMARTS) is 1. The van der Waals surface area contributed by atoms with Gasteiger partial charge in [0.2, 0.25) is 0 Å². The Balaban J connectivity index is 2.55. The fourth-order valence-electron chi connectivity index (χ4n) is 1.32. The second-order valence-corrected chi connectivity index (χ2v) is 3.12. The van der Waals surface area contributed by atoms with Gasteiger partial charge in [0.1, 0.15) is 0 Å². The van der Waals surface area contributed by atoms with E-state index in [4.69, 9.17) is 10.2 Å². The number of aromatic carboxylic acids is 1. The van der Waals surface area contributed by atoms with Crippen LogP contribution in [-0.2, 0) is 0 Å². The highest BCUT2D eigenvalue weighted by atomic mass is 16.4. The smallest absolute Gasteiger partial charge is 0.336 e. The molecule has 0 saturated heterocycles. The van der Waals surface area contributed by atoms with E-state index in [-0.39, 0.29) is 17.1 Å². The first kappa shape index (κ1) is 10.1. The van der Waals surface area contributed by atoms with Gasteiger partial charge in [-0.3, -0.25) is 0 Å². The van der Waals surface area contributed by atoms with Crippen molar-refractivity contribution in [2.45, 2.75) is 0 Å². The molecular formula is C11H8N2O3. The minimum Gasteiger partial charge on any atom is -0.505 e. The summed E-state index contributed by atoms with van der Waals surface area (Å²) in [5, 5.41) is 18.0. The van der Waals surface area contributed by atoms with Gasteiger partial charge in [0, 0.05) is 5.56 Å². The third kappa shape index (κ3) is 1.83. The summed E-state index contributed by atoms with van der Waals surface area (Å²) in [5.74, 6) is -0.820. The Morgan fingerprint density at radius 1 is 1.12 bits per heavy atom. The van der Waals surface area contributed by atoms with Gasteiger partial charge in [-0.15, -0.1) is 0 Å². The molecule has 80 valence electrons. The zero-order chi connectivity index (χ0) is 11.5. The van der Waals surface area contributed by atoms with Gasteiger partial charge >= 0.3 is 5.97 Å². The molecule has 0 aliphatic carbocycles. The molecule has 0 atom stereocenters. The molecule has 5 nitrogen and oxygen atoms in total. The first-order valence-corrected chi connectivity index (χ1v) is 4.52. The number of hydrogen-bond donors (Lipinski definition) is 2. The maximum atomic E-state index is 11.0. The molecule has 0 unspecified atom stereocenters. The van der Waals surface area contributed by atoms with Gasteiger partial charge in [-0.05, 0) is 6.07 Å². The molecule has 0 radical (unpaired) electrons. The van der Waals surface area contributed by atoms with E-state index in [1.165, 1.54) is 18.5 Å². The molecule has 0 aliphatic rings. The van der Waals surface area contributed by atoms with Crippen LogP contribution in [0.15, 0.2) is 36.7 Å². The number of aromatic hydroxyl groups is 1. The van der Waals surface area contributed by atoms with Gasteiger partial charge in [-0.25, -0.2) is 14.8 Å². The Hall–Kier alpha value is -2.43. The maximum Gasteiger partial charge on any atom is 0.336 e. The van der Waals surface area contributed by atoms with Crippen molar-refractivity contribution in [3.05, 3.63) is 42.2 Å². The number of carbonyl (C=O) groups is 1. The molecule has 0 fully saturated rings. The number of aromatic nitrogens is 2. The Bertz CT molecular complexity index is 523. The summed E-state index contributed by atoms with van der Waals surface area (Å²) in [6.45, 7) is 0. The highest BCUT2D eigenvalue weighted by molar-refractivity contribution is 5.94. The minimum atomic E-state index is -1.03. The van der Waals surface area contributed by atoms with E-state index in [9.17, 15) is 4.79 Å². The van der Waals surface area contributed by atoms with E-state index in [0.29, 0.717) is 5.56 Å². The van der Waals surface area contributed by atoms with Crippen molar-refractivity contribution in [1.82, 2.24) is 9.97 Å². The van der Waals surface area contributed by atoms with Crippen LogP contribution in [0.5, 0.6) is 5.75 Å². The Morgan fingerprint density at radius 3 is 2.38 bits per heavy atom. The summed E-state index contributed by atoms with van der Waals surface area (Å²) < 4.78 is 0. The minimum absolute atomic E-state index is 0.0587. The monoisotopic (exact) mass is 216 g/mol. The molecule has 0 amide bonds. The zero-order valence-electron chi connectivity index (χ0n) is 8.16. The quantitative estimate of drug-likeness (QED) is 0.795. The molecule has 1 aromatic carbocycles. The average Bonchev–Trinajstić information content (AvgIpc) is 2.30. The molecule has 1 aromatic heterocycles. The van der Waals surface area contributed by atoms with Gasteiger partial charge in [0.15, 0.2) is 11.6 Å². The first-order valence-electron chi connectivity index (χ1n) is 4.52. The summed E-state index contributed by atoms with van der Waals surface area (Å²) in [7, 11) is 0. The summed E-state index contributed by atoms with van der Waals surface area (Å²) in [5.41, 5.74) is 0.559. The lowest BCUT2D eigenvalue weighted by Crippen LogP contribution is -2.00. The van der Waals surface area contributed by atoms with Crippen molar-refractivity contribution >= 4 is 5.97 Å². The van der Waals surface area contributed by atoms with Crippen LogP contribution in [0.4, 0.5) is 0 Å². The predicted octanol–water partition coefficient (Wildman–Crippen LogP) is 1.55. The molecule has 1 heterocycles. The molecule has 0 aliphatic heterocycles. The summed E-state index contributed by atoms with van der Waals surface area (Å²) in [6.07, 6.45) is 2.45. The predicted molar refractivity (Wildman–Crippen MR) is 56.1 cm³/mol. The topological polar surface area (TPSA) is 83.3 Å². The van der Waals surface area contributed by atoms with E-state index < -0.39 is 5.97 Å². The van der Waals surface area contributed by atoms with Crippen LogP contribution in [0.3, 0.4) is 0 Å². The van der Waals surface area contributed by atoms with Crippen molar-refractivity contribution in [3.63, 3.8) is 0 Å². The third-order valence-electron chi connectivity index (χ3n) is 2.04. The number of carboxylic acids is 1. The number of nitrogens with zero attached hydrogens (tertiary/aromatic N) is 2. The fraction of sp³-hybridized carbons (Fsp3) is 0. The summed E-state index contributed by atoms with van der Waals surface area (Å²) in [4.78, 5) is 18.7. The average molecular weight is 216 g/mol. The van der Waals surface area contributed by atoms with Crippen molar-refractivity contribution in [2.24, 2.45) is 0 Å². The molecule has 0 spiro atoms. The van der Waals surface area contributed by atoms with Crippen molar-refractivity contribution in [3.8, 4) is 17.1 Å². The van der Waals surface area contributed by atoms with E-state index in [1.54, 1.807) is 18.2 Å². The van der Waals surface area contributed by atoms with Crippen LogP contribution >= 0.6 is 0 Å². The second kappa shape index (κ2) is 3.98. The van der Waals surface area contributed by atoms with Gasteiger partial charge in [-0.2, -0.15) is 0 Å². The van der Waals surface area contributed by atoms with E-state index in [2.05, 4.69) is 9.97 Å². The Kier molecular flexibility index (Phi) is 2.51. The molecule has 0 saturated carbocycles. The molecule has 0 bridgehead atoms. The molecular weight excluding hydrogens is 208 g/mol. The van der Waals surface area contributed by atoms with Crippen LogP contribution in [0.2, 0.25) is 0 Å². The maximum absolute atomic E-state index is 11.0. The lowest BCUT2D eigenvalue weighted by molar-refractivity contribution is 0.0697. The normalized spacial score (nSPS) is 10.0. The van der Waals surface area contributed by atoms with Crippen molar-refractivity contribution in [2.75, 3.05) is 0 Å². The van der Waals surface area contributed by atoms with Crippen LogP contribution < -0.4 is 0 Å². The van der Waals surface area contributed by atoms with Crippen LogP contribution in [-0.4, -0.2) is 26.2 Å². The van der Waals surface area contributed by atoms with Gasteiger partial charge in [0.05, 0.1) is 18.0 Å². The zero-order valence-corrected chi connectivity index (χ0v) is 8.16. The first-order chi connectivity index (χ1) is 7.68.